The van der Waals surface area contributed by atoms with Gasteiger partial charge in [0.2, 0.25) is 5.91 Å². The van der Waals surface area contributed by atoms with E-state index in [0.29, 0.717) is 5.69 Å². The van der Waals surface area contributed by atoms with Crippen molar-refractivity contribution < 1.29 is 43.1 Å². The first kappa shape index (κ1) is 14.8. The van der Waals surface area contributed by atoms with Crippen LogP contribution >= 0.6 is 0 Å². The Labute approximate surface area is 113 Å². The number of hydrogen-bond acceptors (Lipinski definition) is 3. The van der Waals surface area contributed by atoms with Gasteiger partial charge in [0, 0.05) is 17.5 Å². The van der Waals surface area contributed by atoms with Crippen LogP contribution in [0.3, 0.4) is 0 Å². The van der Waals surface area contributed by atoms with E-state index < -0.39 is 11.1 Å². The summed E-state index contributed by atoms with van der Waals surface area (Å²) >= 11 is -2.26. The Bertz CT molecular complexity index is 395. The zero-order valence-corrected chi connectivity index (χ0v) is 11.7. The summed E-state index contributed by atoms with van der Waals surface area (Å²) in [6.45, 7) is 3.17. The number of carbonyl (C=O) groups is 1. The molecule has 0 aliphatic rings. The number of carbonyl (C=O) groups excluding carboxylic acids is 1. The van der Waals surface area contributed by atoms with E-state index in [1.807, 2.05) is 0 Å². The monoisotopic (exact) mass is 235 g/mol. The summed E-state index contributed by atoms with van der Waals surface area (Å²) in [4.78, 5) is 10.9. The van der Waals surface area contributed by atoms with Gasteiger partial charge in [-0.15, -0.1) is 0 Å². The van der Waals surface area contributed by atoms with Crippen LogP contribution in [0, 0.1) is 6.92 Å². The van der Waals surface area contributed by atoms with Crippen molar-refractivity contribution in [3.05, 3.63) is 23.8 Å². The summed E-state index contributed by atoms with van der Waals surface area (Å²) in [5, 5.41) is 2.56. The molecule has 0 spiro atoms. The molecule has 1 unspecified atom stereocenters. The zero-order valence-electron chi connectivity index (χ0n) is 8.87. The van der Waals surface area contributed by atoms with Crippen molar-refractivity contribution in [1.29, 1.82) is 0 Å². The molecule has 0 aromatic heterocycles. The van der Waals surface area contributed by atoms with Crippen molar-refractivity contribution in [1.82, 2.24) is 0 Å². The normalized spacial score (nSPS) is 11.4. The molecule has 0 aliphatic carbocycles. The van der Waals surface area contributed by atoms with E-state index in [4.69, 9.17) is 0 Å². The fraction of sp³-hybridized carbons (Fsp3) is 0.222. The number of amides is 1. The van der Waals surface area contributed by atoms with Crippen molar-refractivity contribution in [2.45, 2.75) is 18.7 Å². The number of benzene rings is 1. The average molecular weight is 235 g/mol. The molecule has 0 saturated carbocycles. The van der Waals surface area contributed by atoms with E-state index in [1.54, 1.807) is 13.0 Å². The Balaban J connectivity index is 0.00000196. The fourth-order valence-corrected chi connectivity index (χ4v) is 1.42. The Kier molecular flexibility index (Phi) is 6.31. The van der Waals surface area contributed by atoms with Gasteiger partial charge in [0.05, 0.1) is 0 Å². The minimum atomic E-state index is -2.26. The Morgan fingerprint density at radius 2 is 2.07 bits per heavy atom. The van der Waals surface area contributed by atoms with E-state index in [1.165, 1.54) is 19.1 Å². The molecule has 1 amide bonds. The second-order valence-corrected chi connectivity index (χ2v) is 3.83. The SMILES string of the molecule is CC(=O)Nc1cc(S(=O)[O-])ccc1C.[Na+]. The summed E-state index contributed by atoms with van der Waals surface area (Å²) in [6, 6.07) is 4.57. The molecular weight excluding hydrogens is 225 g/mol. The maximum atomic E-state index is 10.8. The van der Waals surface area contributed by atoms with Crippen molar-refractivity contribution in [2.75, 3.05) is 5.32 Å². The molecule has 15 heavy (non-hydrogen) atoms. The van der Waals surface area contributed by atoms with Crippen molar-refractivity contribution >= 4 is 22.7 Å². The minimum Gasteiger partial charge on any atom is -0.768 e. The summed E-state index contributed by atoms with van der Waals surface area (Å²) < 4.78 is 21.3. The number of aryl methyl sites for hydroxylation is 1. The first-order chi connectivity index (χ1) is 6.50. The first-order valence-corrected chi connectivity index (χ1v) is 5.05. The van der Waals surface area contributed by atoms with Gasteiger partial charge in [0.25, 0.3) is 0 Å². The van der Waals surface area contributed by atoms with Crippen LogP contribution in [0.25, 0.3) is 0 Å². The van der Waals surface area contributed by atoms with E-state index >= 15 is 0 Å². The molecule has 1 N–H and O–H groups in total. The van der Waals surface area contributed by atoms with E-state index in [2.05, 4.69) is 5.32 Å². The molecule has 0 aliphatic heterocycles. The molecule has 0 heterocycles. The van der Waals surface area contributed by atoms with Gasteiger partial charge in [-0.2, -0.15) is 0 Å². The van der Waals surface area contributed by atoms with Gasteiger partial charge in [0.1, 0.15) is 0 Å². The molecule has 1 aromatic carbocycles. The summed E-state index contributed by atoms with van der Waals surface area (Å²) in [7, 11) is 0. The number of nitrogens with one attached hydrogen (secondary N) is 1. The number of rotatable bonds is 2. The van der Waals surface area contributed by atoms with Gasteiger partial charge in [-0.25, -0.2) is 0 Å². The predicted octanol–water partition coefficient (Wildman–Crippen LogP) is -1.80. The van der Waals surface area contributed by atoms with Gasteiger partial charge >= 0.3 is 29.6 Å². The van der Waals surface area contributed by atoms with Crippen LogP contribution in [0.15, 0.2) is 23.1 Å². The van der Waals surface area contributed by atoms with Crippen LogP contribution in [-0.2, 0) is 15.9 Å². The molecule has 1 atom stereocenters. The maximum absolute atomic E-state index is 10.8. The molecule has 1 aromatic rings. The fourth-order valence-electron chi connectivity index (χ4n) is 1.03. The summed E-state index contributed by atoms with van der Waals surface area (Å²) in [5.74, 6) is -0.220. The Hall–Kier alpha value is -0.200. The molecule has 0 saturated heterocycles. The van der Waals surface area contributed by atoms with Gasteiger partial charge < -0.3 is 9.87 Å². The second kappa shape index (κ2) is 6.40. The summed E-state index contributed by atoms with van der Waals surface area (Å²) in [5.41, 5.74) is 1.36. The molecule has 1 rings (SSSR count). The van der Waals surface area contributed by atoms with Crippen LogP contribution in [0.1, 0.15) is 12.5 Å². The van der Waals surface area contributed by atoms with E-state index in [0.717, 1.165) is 5.56 Å². The second-order valence-electron chi connectivity index (χ2n) is 2.89. The van der Waals surface area contributed by atoms with Gasteiger partial charge in [-0.05, 0) is 35.7 Å². The van der Waals surface area contributed by atoms with Crippen molar-refractivity contribution in [2.24, 2.45) is 0 Å². The quantitative estimate of drug-likeness (QED) is 0.485. The number of hydrogen-bond donors (Lipinski definition) is 1. The van der Waals surface area contributed by atoms with Crippen LogP contribution in [-0.4, -0.2) is 14.7 Å². The molecular formula is C9H10NNaO3S. The molecule has 0 bridgehead atoms. The van der Waals surface area contributed by atoms with Crippen LogP contribution in [0.2, 0.25) is 0 Å². The largest absolute Gasteiger partial charge is 1.00 e. The van der Waals surface area contributed by atoms with Crippen LogP contribution in [0.5, 0.6) is 0 Å². The smallest absolute Gasteiger partial charge is 0.768 e. The topological polar surface area (TPSA) is 69.2 Å². The van der Waals surface area contributed by atoms with E-state index in [-0.39, 0.29) is 40.4 Å². The van der Waals surface area contributed by atoms with Crippen molar-refractivity contribution in [3.8, 4) is 0 Å². The average Bonchev–Trinajstić information content (AvgIpc) is 2.07. The molecule has 6 heteroatoms. The minimum absolute atomic E-state index is 0. The third-order valence-electron chi connectivity index (χ3n) is 1.71. The maximum Gasteiger partial charge on any atom is 1.00 e. The third-order valence-corrected chi connectivity index (χ3v) is 2.35. The van der Waals surface area contributed by atoms with Gasteiger partial charge in [0.15, 0.2) is 0 Å². The Morgan fingerprint density at radius 1 is 1.47 bits per heavy atom. The van der Waals surface area contributed by atoms with Gasteiger partial charge in [-0.1, -0.05) is 6.07 Å². The molecule has 4 nitrogen and oxygen atoms in total. The van der Waals surface area contributed by atoms with Crippen LogP contribution < -0.4 is 34.9 Å². The molecule has 76 valence electrons. The predicted molar refractivity (Wildman–Crippen MR) is 52.7 cm³/mol. The van der Waals surface area contributed by atoms with Gasteiger partial charge in [-0.3, -0.25) is 9.00 Å². The molecule has 0 fully saturated rings. The Morgan fingerprint density at radius 3 is 2.53 bits per heavy atom. The standard InChI is InChI=1S/C9H11NO3S.Na/c1-6-3-4-8(14(12)13)5-9(6)10-7(2)11;/h3-5H,1-2H3,(H,10,11)(H,12,13);/q;+1/p-1. The number of anilines is 1. The summed E-state index contributed by atoms with van der Waals surface area (Å²) in [6.07, 6.45) is 0. The first-order valence-electron chi connectivity index (χ1n) is 3.98. The van der Waals surface area contributed by atoms with E-state index in [9.17, 15) is 13.6 Å². The van der Waals surface area contributed by atoms with Crippen LogP contribution in [0.4, 0.5) is 5.69 Å². The third kappa shape index (κ3) is 4.44. The molecule has 0 radical (unpaired) electrons. The zero-order chi connectivity index (χ0) is 10.7. The van der Waals surface area contributed by atoms with Crippen molar-refractivity contribution in [3.63, 3.8) is 0 Å².